The second-order valence-electron chi connectivity index (χ2n) is 7.24. The average molecular weight is 374 g/mol. The van der Waals surface area contributed by atoms with Gasteiger partial charge in [0.2, 0.25) is 5.78 Å². The molecule has 2 aromatic rings. The molecule has 1 aromatic carbocycles. The molecule has 0 spiro atoms. The van der Waals surface area contributed by atoms with Gasteiger partial charge in [0.25, 0.3) is 0 Å². The van der Waals surface area contributed by atoms with Crippen molar-refractivity contribution >= 4 is 11.5 Å². The van der Waals surface area contributed by atoms with Gasteiger partial charge in [0, 0.05) is 36.3 Å². The lowest BCUT2D eigenvalue weighted by atomic mass is 10.1. The molecule has 0 amide bonds. The van der Waals surface area contributed by atoms with Crippen molar-refractivity contribution < 1.29 is 18.8 Å². The molecule has 1 aromatic heterocycles. The largest absolute Gasteiger partial charge is 0.383 e. The Morgan fingerprint density at radius 1 is 1.19 bits per heavy atom. The van der Waals surface area contributed by atoms with E-state index >= 15 is 0 Å². The highest BCUT2D eigenvalue weighted by Crippen LogP contribution is 2.16. The summed E-state index contributed by atoms with van der Waals surface area (Å²) >= 11 is 0. The predicted octanol–water partition coefficient (Wildman–Crippen LogP) is 1.48. The van der Waals surface area contributed by atoms with Gasteiger partial charge in [-0.25, -0.2) is 4.39 Å². The molecule has 0 saturated carbocycles. The number of carbonyl (C=O) groups excluding carboxylic acids is 1. The molecule has 0 bridgehead atoms. The normalized spacial score (nSPS) is 15.3. The zero-order valence-corrected chi connectivity index (χ0v) is 16.4. The highest BCUT2D eigenvalue weighted by molar-refractivity contribution is 5.98. The number of ether oxygens (including phenoxy) is 1. The smallest absolute Gasteiger partial charge is 0.218 e. The molecule has 0 atom stereocenters. The van der Waals surface area contributed by atoms with Crippen molar-refractivity contribution in [1.29, 1.82) is 0 Å². The van der Waals surface area contributed by atoms with Crippen molar-refractivity contribution in [2.45, 2.75) is 20.4 Å². The van der Waals surface area contributed by atoms with E-state index in [0.717, 1.165) is 55.4 Å². The third kappa shape index (κ3) is 4.57. The van der Waals surface area contributed by atoms with Crippen LogP contribution < -0.4 is 9.80 Å². The molecule has 1 fully saturated rings. The Morgan fingerprint density at radius 3 is 2.48 bits per heavy atom. The number of nitrogens with one attached hydrogen (secondary N) is 1. The molecular formula is C21H29FN3O2+. The quantitative estimate of drug-likeness (QED) is 0.746. The number of Topliss-reactive ketones (excluding diaryl/α,β-unsaturated/α-hetero) is 1. The molecule has 6 heteroatoms. The van der Waals surface area contributed by atoms with Crippen LogP contribution in [-0.4, -0.2) is 56.8 Å². The minimum Gasteiger partial charge on any atom is -0.383 e. The fraction of sp³-hybridized carbons (Fsp3) is 0.476. The van der Waals surface area contributed by atoms with Gasteiger partial charge < -0.3 is 19.1 Å². The Morgan fingerprint density at radius 2 is 1.85 bits per heavy atom. The van der Waals surface area contributed by atoms with Crippen LogP contribution in [0.25, 0.3) is 0 Å². The van der Waals surface area contributed by atoms with E-state index in [1.54, 1.807) is 7.11 Å². The predicted molar refractivity (Wildman–Crippen MR) is 104 cm³/mol. The third-order valence-corrected chi connectivity index (χ3v) is 5.47. The van der Waals surface area contributed by atoms with E-state index in [-0.39, 0.29) is 11.6 Å². The maximum absolute atomic E-state index is 13.1. The first-order valence-corrected chi connectivity index (χ1v) is 9.52. The van der Waals surface area contributed by atoms with E-state index in [9.17, 15) is 9.18 Å². The summed E-state index contributed by atoms with van der Waals surface area (Å²) in [7, 11) is 1.69. The van der Waals surface area contributed by atoms with Gasteiger partial charge in [-0.1, -0.05) is 0 Å². The lowest BCUT2D eigenvalue weighted by Gasteiger charge is -2.33. The van der Waals surface area contributed by atoms with E-state index in [0.29, 0.717) is 13.2 Å². The monoisotopic (exact) mass is 374 g/mol. The molecule has 146 valence electrons. The van der Waals surface area contributed by atoms with Crippen LogP contribution in [0.5, 0.6) is 0 Å². The number of anilines is 1. The molecule has 1 N–H and O–H groups in total. The summed E-state index contributed by atoms with van der Waals surface area (Å²) < 4.78 is 20.4. The first-order chi connectivity index (χ1) is 13.0. The highest BCUT2D eigenvalue weighted by Gasteiger charge is 2.25. The fourth-order valence-corrected chi connectivity index (χ4v) is 3.84. The summed E-state index contributed by atoms with van der Waals surface area (Å²) in [6, 6.07) is 8.64. The van der Waals surface area contributed by atoms with Crippen molar-refractivity contribution in [2.24, 2.45) is 0 Å². The number of quaternary nitrogens is 1. The Kier molecular flexibility index (Phi) is 6.29. The lowest BCUT2D eigenvalue weighted by Crippen LogP contribution is -3.15. The van der Waals surface area contributed by atoms with Crippen LogP contribution in [0.15, 0.2) is 30.3 Å². The second kappa shape index (κ2) is 8.67. The topological polar surface area (TPSA) is 38.9 Å². The number of aromatic nitrogens is 1. The van der Waals surface area contributed by atoms with Gasteiger partial charge in [-0.15, -0.1) is 0 Å². The van der Waals surface area contributed by atoms with Crippen LogP contribution in [0.2, 0.25) is 0 Å². The van der Waals surface area contributed by atoms with Crippen LogP contribution in [0.3, 0.4) is 0 Å². The summed E-state index contributed by atoms with van der Waals surface area (Å²) in [6.45, 7) is 9.54. The minimum atomic E-state index is -0.211. The van der Waals surface area contributed by atoms with Gasteiger partial charge in [-0.3, -0.25) is 4.79 Å². The van der Waals surface area contributed by atoms with Gasteiger partial charge in [0.05, 0.1) is 32.8 Å². The first kappa shape index (κ1) is 19.6. The lowest BCUT2D eigenvalue weighted by molar-refractivity contribution is -0.892. The molecule has 1 saturated heterocycles. The molecule has 1 aliphatic rings. The summed E-state index contributed by atoms with van der Waals surface area (Å²) in [6.07, 6.45) is 0. The van der Waals surface area contributed by atoms with Crippen LogP contribution in [0.4, 0.5) is 10.1 Å². The molecule has 2 heterocycles. The van der Waals surface area contributed by atoms with Crippen LogP contribution >= 0.6 is 0 Å². The zero-order chi connectivity index (χ0) is 19.4. The van der Waals surface area contributed by atoms with E-state index < -0.39 is 0 Å². The van der Waals surface area contributed by atoms with Crippen molar-refractivity contribution in [3.05, 3.63) is 53.1 Å². The number of halogens is 1. The summed E-state index contributed by atoms with van der Waals surface area (Å²) in [4.78, 5) is 16.4. The number of carbonyl (C=O) groups is 1. The fourth-order valence-electron chi connectivity index (χ4n) is 3.84. The maximum atomic E-state index is 13.1. The van der Waals surface area contributed by atoms with Crippen LogP contribution in [0, 0.1) is 19.7 Å². The summed E-state index contributed by atoms with van der Waals surface area (Å²) in [5.41, 5.74) is 4.00. The van der Waals surface area contributed by atoms with Crippen LogP contribution in [0.1, 0.15) is 21.7 Å². The average Bonchev–Trinajstić information content (AvgIpc) is 2.95. The molecule has 0 aliphatic carbocycles. The number of nitrogens with zero attached hydrogens (tertiary/aromatic N) is 2. The van der Waals surface area contributed by atoms with Crippen molar-refractivity contribution in [3.8, 4) is 0 Å². The molecule has 0 radical (unpaired) electrons. The zero-order valence-electron chi connectivity index (χ0n) is 16.4. The SMILES string of the molecule is COCCn1c(C)cc(C(=O)C[NH+]2CCN(c3ccc(F)cc3)CC2)c1C. The van der Waals surface area contributed by atoms with Crippen molar-refractivity contribution in [1.82, 2.24) is 4.57 Å². The number of benzene rings is 1. The third-order valence-electron chi connectivity index (χ3n) is 5.47. The van der Waals surface area contributed by atoms with Crippen molar-refractivity contribution in [2.75, 3.05) is 51.3 Å². The Labute approximate surface area is 160 Å². The Hall–Kier alpha value is -2.18. The van der Waals surface area contributed by atoms with E-state index in [1.165, 1.54) is 17.0 Å². The first-order valence-electron chi connectivity index (χ1n) is 9.52. The van der Waals surface area contributed by atoms with E-state index in [1.807, 2.05) is 32.0 Å². The number of hydrogen-bond acceptors (Lipinski definition) is 3. The maximum Gasteiger partial charge on any atom is 0.218 e. The Balaban J connectivity index is 1.57. The molecule has 5 nitrogen and oxygen atoms in total. The summed E-state index contributed by atoms with van der Waals surface area (Å²) in [5, 5.41) is 0. The second-order valence-corrected chi connectivity index (χ2v) is 7.24. The molecule has 3 rings (SSSR count). The standard InChI is InChI=1S/C21H28FN3O2/c1-16-14-20(17(2)25(16)12-13-27-3)21(26)15-23-8-10-24(11-9-23)19-6-4-18(22)5-7-19/h4-7,14H,8-13,15H2,1-3H3/p+1. The number of ketones is 1. The highest BCUT2D eigenvalue weighted by atomic mass is 19.1. The number of piperazine rings is 1. The van der Waals surface area contributed by atoms with Crippen molar-refractivity contribution in [3.63, 3.8) is 0 Å². The molecular weight excluding hydrogens is 345 g/mol. The van der Waals surface area contributed by atoms with Gasteiger partial charge in [0.15, 0.2) is 0 Å². The van der Waals surface area contributed by atoms with Gasteiger partial charge >= 0.3 is 0 Å². The van der Waals surface area contributed by atoms with Gasteiger partial charge in [-0.2, -0.15) is 0 Å². The number of aryl methyl sites for hydroxylation is 1. The van der Waals surface area contributed by atoms with E-state index in [4.69, 9.17) is 4.74 Å². The number of hydrogen-bond donors (Lipinski definition) is 1. The Bertz CT molecular complexity index is 777. The van der Waals surface area contributed by atoms with E-state index in [2.05, 4.69) is 9.47 Å². The minimum absolute atomic E-state index is 0.206. The molecule has 0 unspecified atom stereocenters. The molecule has 27 heavy (non-hydrogen) atoms. The molecule has 1 aliphatic heterocycles. The summed E-state index contributed by atoms with van der Waals surface area (Å²) in [5.74, 6) is -0.00583. The van der Waals surface area contributed by atoms with Crippen LogP contribution in [-0.2, 0) is 11.3 Å². The number of rotatable bonds is 7. The number of methoxy groups -OCH3 is 1. The van der Waals surface area contributed by atoms with Gasteiger partial charge in [-0.05, 0) is 44.2 Å². The van der Waals surface area contributed by atoms with Gasteiger partial charge in [0.1, 0.15) is 12.4 Å².